The summed E-state index contributed by atoms with van der Waals surface area (Å²) in [6.07, 6.45) is -1.84. The summed E-state index contributed by atoms with van der Waals surface area (Å²) >= 11 is 0. The van der Waals surface area contributed by atoms with Crippen LogP contribution >= 0.6 is 0 Å². The van der Waals surface area contributed by atoms with Crippen molar-refractivity contribution in [2.75, 3.05) is 13.7 Å². The molecule has 11 heteroatoms. The number of amides is 1. The molecule has 0 aliphatic carbocycles. The van der Waals surface area contributed by atoms with Gasteiger partial charge in [0.2, 0.25) is 5.91 Å². The molecule has 30 heavy (non-hydrogen) atoms. The molecule has 1 amide bonds. The van der Waals surface area contributed by atoms with E-state index < -0.39 is 54.8 Å². The Kier molecular flexibility index (Phi) is 9.79. The lowest BCUT2D eigenvalue weighted by Crippen LogP contribution is -2.56. The maximum absolute atomic E-state index is 11.8. The van der Waals surface area contributed by atoms with Crippen molar-refractivity contribution in [1.29, 1.82) is 0 Å². The molecule has 1 aliphatic heterocycles. The highest BCUT2D eigenvalue weighted by Gasteiger charge is 2.43. The van der Waals surface area contributed by atoms with Crippen molar-refractivity contribution < 1.29 is 47.7 Å². The van der Waals surface area contributed by atoms with Gasteiger partial charge in [0.15, 0.2) is 18.3 Å². The molecule has 0 aromatic heterocycles. The number of carbonyl (C=O) groups excluding carboxylic acids is 5. The summed E-state index contributed by atoms with van der Waals surface area (Å²) in [5.41, 5.74) is 0. The molecule has 0 aromatic carbocycles. The van der Waals surface area contributed by atoms with E-state index in [4.69, 9.17) is 18.9 Å². The summed E-state index contributed by atoms with van der Waals surface area (Å²) in [5, 5.41) is 2.68. The van der Waals surface area contributed by atoms with Gasteiger partial charge in [-0.2, -0.15) is 0 Å². The number of nitrogens with one attached hydrogen (secondary N) is 1. The zero-order valence-corrected chi connectivity index (χ0v) is 17.6. The molecule has 1 aliphatic rings. The van der Waals surface area contributed by atoms with E-state index in [1.165, 1.54) is 21.0 Å². The second-order valence-electron chi connectivity index (χ2n) is 6.57. The van der Waals surface area contributed by atoms with Gasteiger partial charge in [-0.3, -0.25) is 24.0 Å². The van der Waals surface area contributed by atoms with E-state index in [2.05, 4.69) is 10.1 Å². The van der Waals surface area contributed by atoms with Crippen LogP contribution in [0.1, 0.15) is 40.5 Å². The molecule has 0 saturated heterocycles. The van der Waals surface area contributed by atoms with Crippen molar-refractivity contribution in [3.63, 3.8) is 0 Å². The van der Waals surface area contributed by atoms with Crippen molar-refractivity contribution in [2.24, 2.45) is 0 Å². The van der Waals surface area contributed by atoms with E-state index in [0.717, 1.165) is 13.8 Å². The van der Waals surface area contributed by atoms with Gasteiger partial charge in [0.05, 0.1) is 13.2 Å². The standard InChI is InChI=1S/C19H27NO10/c1-10(21)20-15-7-6-14(8-17(25)26-5)30-18(15)19(29-13(4)24)16(28-12(3)23)9-27-11(2)22/h6,15-16,18-19H,7-9H2,1-5H3,(H,20,21)/t15-,16-,18?,19-/m1/s1. The van der Waals surface area contributed by atoms with Crippen LogP contribution in [0.25, 0.3) is 0 Å². The molecule has 4 atom stereocenters. The molecule has 1 rings (SSSR count). The first-order valence-electron chi connectivity index (χ1n) is 9.20. The maximum Gasteiger partial charge on any atom is 0.313 e. The second kappa shape index (κ2) is 11.8. The van der Waals surface area contributed by atoms with Crippen LogP contribution in [0.4, 0.5) is 0 Å². The second-order valence-corrected chi connectivity index (χ2v) is 6.57. The van der Waals surface area contributed by atoms with Crippen LogP contribution < -0.4 is 5.32 Å². The van der Waals surface area contributed by atoms with Crippen molar-refractivity contribution in [3.8, 4) is 0 Å². The Labute approximate surface area is 174 Å². The number of rotatable bonds is 9. The number of hydrogen-bond donors (Lipinski definition) is 1. The molecule has 0 saturated carbocycles. The quantitative estimate of drug-likeness (QED) is 0.397. The summed E-state index contributed by atoms with van der Waals surface area (Å²) in [4.78, 5) is 57.9. The van der Waals surface area contributed by atoms with Gasteiger partial charge < -0.3 is 29.0 Å². The Hall–Kier alpha value is -3.11. The van der Waals surface area contributed by atoms with Gasteiger partial charge in [0.25, 0.3) is 0 Å². The van der Waals surface area contributed by atoms with Gasteiger partial charge in [-0.15, -0.1) is 0 Å². The molecule has 1 N–H and O–H groups in total. The predicted molar refractivity (Wildman–Crippen MR) is 99.6 cm³/mol. The van der Waals surface area contributed by atoms with Gasteiger partial charge in [-0.1, -0.05) is 0 Å². The van der Waals surface area contributed by atoms with Crippen molar-refractivity contribution in [1.82, 2.24) is 5.32 Å². The van der Waals surface area contributed by atoms with Crippen LogP contribution in [-0.4, -0.2) is 67.9 Å². The van der Waals surface area contributed by atoms with E-state index in [9.17, 15) is 24.0 Å². The predicted octanol–water partition coefficient (Wildman–Crippen LogP) is 0.154. The molecule has 1 unspecified atom stereocenters. The first-order valence-corrected chi connectivity index (χ1v) is 9.20. The fourth-order valence-electron chi connectivity index (χ4n) is 2.88. The fraction of sp³-hybridized carbons (Fsp3) is 0.632. The highest BCUT2D eigenvalue weighted by atomic mass is 16.6. The van der Waals surface area contributed by atoms with Gasteiger partial charge >= 0.3 is 23.9 Å². The summed E-state index contributed by atoms with van der Waals surface area (Å²) in [7, 11) is 1.22. The van der Waals surface area contributed by atoms with E-state index in [0.29, 0.717) is 0 Å². The number of ether oxygens (including phenoxy) is 5. The van der Waals surface area contributed by atoms with Crippen LogP contribution in [0.5, 0.6) is 0 Å². The third-order valence-corrected chi connectivity index (χ3v) is 3.98. The molecule has 11 nitrogen and oxygen atoms in total. The highest BCUT2D eigenvalue weighted by Crippen LogP contribution is 2.27. The van der Waals surface area contributed by atoms with Crippen molar-refractivity contribution in [3.05, 3.63) is 11.8 Å². The van der Waals surface area contributed by atoms with Crippen LogP contribution in [-0.2, 0) is 47.7 Å². The van der Waals surface area contributed by atoms with Gasteiger partial charge in [0.1, 0.15) is 18.8 Å². The number of esters is 4. The molecule has 0 bridgehead atoms. The van der Waals surface area contributed by atoms with Crippen LogP contribution in [0.15, 0.2) is 11.8 Å². The first kappa shape index (κ1) is 24.9. The molecular formula is C19H27NO10. The molecule has 168 valence electrons. The number of hydrogen-bond acceptors (Lipinski definition) is 10. The third-order valence-electron chi connectivity index (χ3n) is 3.98. The average molecular weight is 429 g/mol. The molecule has 0 radical (unpaired) electrons. The highest BCUT2D eigenvalue weighted by molar-refractivity contribution is 5.74. The lowest BCUT2D eigenvalue weighted by atomic mass is 9.95. The Bertz CT molecular complexity index is 701. The maximum atomic E-state index is 11.8. The topological polar surface area (TPSA) is 144 Å². The lowest BCUT2D eigenvalue weighted by Gasteiger charge is -2.39. The zero-order valence-electron chi connectivity index (χ0n) is 17.6. The molecular weight excluding hydrogens is 402 g/mol. The first-order chi connectivity index (χ1) is 14.0. The van der Waals surface area contributed by atoms with Crippen molar-refractivity contribution >= 4 is 29.8 Å². The number of carbonyl (C=O) groups is 5. The van der Waals surface area contributed by atoms with Crippen LogP contribution in [0, 0.1) is 0 Å². The SMILES string of the molecule is COC(=O)CC1=CC[C@@H](NC(C)=O)C([C@H](OC(C)=O)[C@@H](COC(C)=O)OC(C)=O)O1. The van der Waals surface area contributed by atoms with E-state index in [-0.39, 0.29) is 24.5 Å². The minimum Gasteiger partial charge on any atom is -0.488 e. The summed E-state index contributed by atoms with van der Waals surface area (Å²) in [6, 6.07) is -0.677. The summed E-state index contributed by atoms with van der Waals surface area (Å²) in [6.45, 7) is 4.34. The van der Waals surface area contributed by atoms with Crippen molar-refractivity contribution in [2.45, 2.75) is 64.9 Å². The largest absolute Gasteiger partial charge is 0.488 e. The third kappa shape index (κ3) is 8.50. The van der Waals surface area contributed by atoms with Gasteiger partial charge in [-0.25, -0.2) is 0 Å². The Morgan fingerprint density at radius 3 is 2.20 bits per heavy atom. The van der Waals surface area contributed by atoms with Crippen LogP contribution in [0.3, 0.4) is 0 Å². The fourth-order valence-corrected chi connectivity index (χ4v) is 2.88. The smallest absolute Gasteiger partial charge is 0.313 e. The minimum atomic E-state index is -1.25. The van der Waals surface area contributed by atoms with E-state index in [1.807, 2.05) is 0 Å². The lowest BCUT2D eigenvalue weighted by molar-refractivity contribution is -0.186. The normalized spacial score (nSPS) is 19.8. The molecule has 1 heterocycles. The zero-order chi connectivity index (χ0) is 22.8. The van der Waals surface area contributed by atoms with Gasteiger partial charge in [-0.05, 0) is 12.5 Å². The van der Waals surface area contributed by atoms with Crippen LogP contribution in [0.2, 0.25) is 0 Å². The minimum absolute atomic E-state index is 0.186. The average Bonchev–Trinajstić information content (AvgIpc) is 2.63. The molecule has 0 spiro atoms. The molecule has 0 fully saturated rings. The van der Waals surface area contributed by atoms with Gasteiger partial charge in [0, 0.05) is 27.7 Å². The monoisotopic (exact) mass is 429 g/mol. The Morgan fingerprint density at radius 1 is 1.07 bits per heavy atom. The number of methoxy groups -OCH3 is 1. The Balaban J connectivity index is 3.27. The molecule has 0 aromatic rings. The van der Waals surface area contributed by atoms with E-state index >= 15 is 0 Å². The summed E-state index contributed by atoms with van der Waals surface area (Å²) < 4.78 is 26.0. The Morgan fingerprint density at radius 2 is 1.70 bits per heavy atom. The summed E-state index contributed by atoms with van der Waals surface area (Å²) in [5.74, 6) is -2.75. The van der Waals surface area contributed by atoms with E-state index in [1.54, 1.807) is 6.08 Å².